The fraction of sp³-hybridized carbons (Fsp3) is 0.176. The number of aryl methyl sites for hydroxylation is 2. The second-order valence-electron chi connectivity index (χ2n) is 5.08. The monoisotopic (exact) mass is 345 g/mol. The maximum absolute atomic E-state index is 12.2. The Hall–Kier alpha value is -2.18. The van der Waals surface area contributed by atoms with E-state index in [-0.39, 0.29) is 11.7 Å². The largest absolute Gasteiger partial charge is 0.466 e. The van der Waals surface area contributed by atoms with Gasteiger partial charge in [-0.2, -0.15) is 0 Å². The number of hydrogen-bond acceptors (Lipinski definition) is 5. The molecule has 0 saturated carbocycles. The van der Waals surface area contributed by atoms with Crippen LogP contribution in [0, 0.1) is 13.8 Å². The minimum Gasteiger partial charge on any atom is -0.466 e. The van der Waals surface area contributed by atoms with Gasteiger partial charge in [0.2, 0.25) is 5.78 Å². The molecule has 3 aromatic heterocycles. The topological polar surface area (TPSA) is 59.3 Å². The fourth-order valence-corrected chi connectivity index (χ4v) is 3.89. The minimum atomic E-state index is -0.168. The zero-order chi connectivity index (χ0) is 16.4. The van der Waals surface area contributed by atoms with E-state index in [0.29, 0.717) is 28.5 Å². The molecular formula is C17H15NO3S2. The van der Waals surface area contributed by atoms with E-state index in [9.17, 15) is 9.59 Å². The Labute approximate surface area is 141 Å². The van der Waals surface area contributed by atoms with Gasteiger partial charge in [0.15, 0.2) is 0 Å². The van der Waals surface area contributed by atoms with Crippen LogP contribution in [0.4, 0.5) is 0 Å². The average Bonchev–Trinajstić information content (AvgIpc) is 3.25. The van der Waals surface area contributed by atoms with Crippen LogP contribution in [0.5, 0.6) is 0 Å². The van der Waals surface area contributed by atoms with Crippen LogP contribution in [-0.2, 0) is 6.54 Å². The molecule has 3 rings (SSSR count). The highest BCUT2D eigenvalue weighted by Crippen LogP contribution is 2.22. The van der Waals surface area contributed by atoms with Crippen molar-refractivity contribution in [3.63, 3.8) is 0 Å². The Morgan fingerprint density at radius 1 is 1.17 bits per heavy atom. The number of ketones is 1. The van der Waals surface area contributed by atoms with Crippen molar-refractivity contribution in [1.82, 2.24) is 5.32 Å². The first-order valence-corrected chi connectivity index (χ1v) is 8.76. The van der Waals surface area contributed by atoms with E-state index in [4.69, 9.17) is 4.42 Å². The second-order valence-corrected chi connectivity index (χ2v) is 7.20. The minimum absolute atomic E-state index is 0.0314. The Morgan fingerprint density at radius 3 is 2.65 bits per heavy atom. The summed E-state index contributed by atoms with van der Waals surface area (Å²) < 4.78 is 5.36. The third-order valence-corrected chi connectivity index (χ3v) is 5.29. The van der Waals surface area contributed by atoms with Gasteiger partial charge in [-0.1, -0.05) is 6.07 Å². The van der Waals surface area contributed by atoms with Gasteiger partial charge in [-0.3, -0.25) is 9.59 Å². The number of carbonyl (C=O) groups is 2. The van der Waals surface area contributed by atoms with Crippen molar-refractivity contribution in [2.75, 3.05) is 0 Å². The van der Waals surface area contributed by atoms with Crippen molar-refractivity contribution < 1.29 is 14.0 Å². The van der Waals surface area contributed by atoms with Crippen molar-refractivity contribution >= 4 is 34.4 Å². The van der Waals surface area contributed by atoms with Crippen molar-refractivity contribution in [1.29, 1.82) is 0 Å². The van der Waals surface area contributed by atoms with Crippen LogP contribution in [0.1, 0.15) is 41.3 Å². The van der Waals surface area contributed by atoms with E-state index < -0.39 is 0 Å². The second kappa shape index (κ2) is 6.52. The third-order valence-electron chi connectivity index (χ3n) is 3.34. The highest BCUT2D eigenvalue weighted by Gasteiger charge is 2.15. The first-order valence-electron chi connectivity index (χ1n) is 7.07. The summed E-state index contributed by atoms with van der Waals surface area (Å²) in [7, 11) is 0. The van der Waals surface area contributed by atoms with Crippen molar-refractivity contribution in [2.24, 2.45) is 0 Å². The van der Waals surface area contributed by atoms with E-state index in [1.165, 1.54) is 22.7 Å². The average molecular weight is 345 g/mol. The fourth-order valence-electron chi connectivity index (χ4n) is 2.24. The SMILES string of the molecule is Cc1cc(C(=O)NCc2ccc(C(=O)c3cccs3)s2)c(C)o1. The van der Waals surface area contributed by atoms with Crippen LogP contribution < -0.4 is 5.32 Å². The van der Waals surface area contributed by atoms with E-state index in [1.807, 2.05) is 36.6 Å². The number of rotatable bonds is 5. The molecule has 0 aliphatic carbocycles. The standard InChI is InChI=1S/C17H15NO3S2/c1-10-8-13(11(2)21-10)17(20)18-9-12-5-6-15(23-12)16(19)14-4-3-7-22-14/h3-8H,9H2,1-2H3,(H,18,20). The van der Waals surface area contributed by atoms with Gasteiger partial charge >= 0.3 is 0 Å². The third kappa shape index (κ3) is 3.43. The number of hydrogen-bond donors (Lipinski definition) is 1. The van der Waals surface area contributed by atoms with Crippen LogP contribution >= 0.6 is 22.7 Å². The Morgan fingerprint density at radius 2 is 2.00 bits per heavy atom. The molecule has 3 aromatic rings. The summed E-state index contributed by atoms with van der Waals surface area (Å²) >= 11 is 2.84. The van der Waals surface area contributed by atoms with Crippen molar-refractivity contribution in [2.45, 2.75) is 20.4 Å². The molecule has 0 saturated heterocycles. The number of furan rings is 1. The molecule has 1 amide bonds. The normalized spacial score (nSPS) is 10.7. The molecule has 23 heavy (non-hydrogen) atoms. The molecule has 0 aromatic carbocycles. The number of carbonyl (C=O) groups excluding carboxylic acids is 2. The molecule has 0 bridgehead atoms. The van der Waals surface area contributed by atoms with Crippen LogP contribution in [0.3, 0.4) is 0 Å². The van der Waals surface area contributed by atoms with Crippen LogP contribution in [-0.4, -0.2) is 11.7 Å². The molecule has 0 aliphatic heterocycles. The molecule has 0 atom stereocenters. The lowest BCUT2D eigenvalue weighted by Gasteiger charge is -2.02. The van der Waals surface area contributed by atoms with E-state index >= 15 is 0 Å². The molecule has 0 unspecified atom stereocenters. The van der Waals surface area contributed by atoms with Crippen LogP contribution in [0.2, 0.25) is 0 Å². The molecule has 0 fully saturated rings. The summed E-state index contributed by atoms with van der Waals surface area (Å²) in [5.41, 5.74) is 0.550. The molecule has 3 heterocycles. The summed E-state index contributed by atoms with van der Waals surface area (Å²) in [5, 5.41) is 4.75. The Bertz CT molecular complexity index is 843. The van der Waals surface area contributed by atoms with Gasteiger partial charge in [0.05, 0.1) is 21.9 Å². The van der Waals surface area contributed by atoms with Gasteiger partial charge in [0, 0.05) is 4.88 Å². The Kier molecular flexibility index (Phi) is 4.45. The summed E-state index contributed by atoms with van der Waals surface area (Å²) in [6.07, 6.45) is 0. The maximum Gasteiger partial charge on any atom is 0.255 e. The van der Waals surface area contributed by atoms with E-state index in [0.717, 1.165) is 9.75 Å². The van der Waals surface area contributed by atoms with E-state index in [1.54, 1.807) is 13.0 Å². The van der Waals surface area contributed by atoms with Gasteiger partial charge in [-0.25, -0.2) is 0 Å². The summed E-state index contributed by atoms with van der Waals surface area (Å²) in [6, 6.07) is 9.09. The first-order chi connectivity index (χ1) is 11.0. The van der Waals surface area contributed by atoms with E-state index in [2.05, 4.69) is 5.32 Å². The van der Waals surface area contributed by atoms with Crippen molar-refractivity contribution in [3.8, 4) is 0 Å². The quantitative estimate of drug-likeness (QED) is 0.706. The summed E-state index contributed by atoms with van der Waals surface area (Å²) in [4.78, 5) is 26.8. The van der Waals surface area contributed by atoms with Crippen LogP contribution in [0.25, 0.3) is 0 Å². The predicted molar refractivity (Wildman–Crippen MR) is 91.4 cm³/mol. The molecule has 0 aliphatic rings. The van der Waals surface area contributed by atoms with Gasteiger partial charge in [-0.15, -0.1) is 22.7 Å². The smallest absolute Gasteiger partial charge is 0.255 e. The molecule has 4 nitrogen and oxygen atoms in total. The first kappa shape index (κ1) is 15.7. The van der Waals surface area contributed by atoms with Crippen molar-refractivity contribution in [3.05, 3.63) is 67.4 Å². The molecule has 0 radical (unpaired) electrons. The molecule has 6 heteroatoms. The lowest BCUT2D eigenvalue weighted by Crippen LogP contribution is -2.22. The van der Waals surface area contributed by atoms with Gasteiger partial charge in [0.1, 0.15) is 11.5 Å². The highest BCUT2D eigenvalue weighted by molar-refractivity contribution is 7.16. The molecule has 0 spiro atoms. The number of thiophene rings is 2. The lowest BCUT2D eigenvalue weighted by atomic mass is 10.2. The zero-order valence-electron chi connectivity index (χ0n) is 12.7. The Balaban J connectivity index is 1.64. The molecule has 1 N–H and O–H groups in total. The summed E-state index contributed by atoms with van der Waals surface area (Å²) in [5.74, 6) is 1.19. The predicted octanol–water partition coefficient (Wildman–Crippen LogP) is 4.18. The van der Waals surface area contributed by atoms with Gasteiger partial charge < -0.3 is 9.73 Å². The van der Waals surface area contributed by atoms with Crippen LogP contribution in [0.15, 0.2) is 40.1 Å². The zero-order valence-corrected chi connectivity index (χ0v) is 14.3. The number of nitrogens with one attached hydrogen (secondary N) is 1. The maximum atomic E-state index is 12.2. The molecule has 118 valence electrons. The molecular weight excluding hydrogens is 330 g/mol. The van der Waals surface area contributed by atoms with Gasteiger partial charge in [0.25, 0.3) is 5.91 Å². The summed E-state index contributed by atoms with van der Waals surface area (Å²) in [6.45, 7) is 3.97. The highest BCUT2D eigenvalue weighted by atomic mass is 32.1. The van der Waals surface area contributed by atoms with Gasteiger partial charge in [-0.05, 0) is 43.5 Å². The lowest BCUT2D eigenvalue weighted by molar-refractivity contribution is 0.0949. The number of amides is 1.